The number of aromatic nitrogens is 2. The highest BCUT2D eigenvalue weighted by Crippen LogP contribution is 2.26. The number of para-hydroxylation sites is 1. The normalized spacial score (nSPS) is 10.8. The third kappa shape index (κ3) is 4.97. The Hall–Kier alpha value is -3.63. The number of nitrogens with one attached hydrogen (secondary N) is 1. The molecule has 10 heteroatoms. The number of nitrogens with zero attached hydrogens (tertiary/aromatic N) is 2. The van der Waals surface area contributed by atoms with Crippen LogP contribution in [0.15, 0.2) is 69.9 Å². The molecule has 0 aliphatic carbocycles. The van der Waals surface area contributed by atoms with E-state index in [0.717, 1.165) is 11.8 Å². The van der Waals surface area contributed by atoms with Gasteiger partial charge in [0.05, 0.1) is 41.6 Å². The number of anilines is 1. The van der Waals surface area contributed by atoms with Gasteiger partial charge in [0.15, 0.2) is 5.16 Å². The van der Waals surface area contributed by atoms with Gasteiger partial charge in [-0.3, -0.25) is 14.2 Å². The fourth-order valence-corrected chi connectivity index (χ4v) is 4.86. The highest BCUT2D eigenvalue weighted by molar-refractivity contribution is 7.99. The van der Waals surface area contributed by atoms with Crippen LogP contribution < -0.4 is 15.6 Å². The predicted octanol–water partition coefficient (Wildman–Crippen LogP) is 4.36. The van der Waals surface area contributed by atoms with Crippen molar-refractivity contribution in [2.75, 3.05) is 24.8 Å². The van der Waals surface area contributed by atoms with Crippen molar-refractivity contribution in [2.45, 2.75) is 12.1 Å². The van der Waals surface area contributed by atoms with E-state index in [1.165, 1.54) is 15.9 Å². The smallest absolute Gasteiger partial charge is 0.341 e. The Kier molecular flexibility index (Phi) is 7.29. The van der Waals surface area contributed by atoms with Crippen molar-refractivity contribution in [2.24, 2.45) is 0 Å². The molecule has 0 aliphatic heterocycles. The van der Waals surface area contributed by atoms with Crippen LogP contribution in [-0.2, 0) is 9.53 Å². The summed E-state index contributed by atoms with van der Waals surface area (Å²) in [7, 11) is 1.55. The number of hydrogen-bond acceptors (Lipinski definition) is 8. The number of rotatable bonds is 8. The largest absolute Gasteiger partial charge is 0.497 e. The number of fused-ring (bicyclic) bond motifs is 1. The maximum Gasteiger partial charge on any atom is 0.341 e. The Balaban J connectivity index is 1.63. The summed E-state index contributed by atoms with van der Waals surface area (Å²) in [6, 6.07) is 15.8. The number of esters is 1. The van der Waals surface area contributed by atoms with E-state index >= 15 is 0 Å². The first-order valence-corrected chi connectivity index (χ1v) is 12.2. The van der Waals surface area contributed by atoms with Crippen LogP contribution in [0.3, 0.4) is 0 Å². The van der Waals surface area contributed by atoms with Gasteiger partial charge < -0.3 is 14.8 Å². The van der Waals surface area contributed by atoms with Gasteiger partial charge in [-0.15, -0.1) is 11.3 Å². The van der Waals surface area contributed by atoms with Gasteiger partial charge in [0.2, 0.25) is 5.91 Å². The van der Waals surface area contributed by atoms with Crippen LogP contribution in [0.1, 0.15) is 17.3 Å². The zero-order valence-corrected chi connectivity index (χ0v) is 20.1. The van der Waals surface area contributed by atoms with Gasteiger partial charge in [0.25, 0.3) is 5.56 Å². The fourth-order valence-electron chi connectivity index (χ4n) is 3.25. The number of amides is 1. The minimum atomic E-state index is -0.491. The molecule has 174 valence electrons. The molecular weight excluding hydrogens is 474 g/mol. The first-order chi connectivity index (χ1) is 16.5. The lowest BCUT2D eigenvalue weighted by atomic mass is 10.2. The monoisotopic (exact) mass is 495 g/mol. The third-order valence-corrected chi connectivity index (χ3v) is 6.57. The maximum atomic E-state index is 13.4. The molecule has 2 aromatic carbocycles. The molecule has 0 radical (unpaired) electrons. The van der Waals surface area contributed by atoms with Crippen molar-refractivity contribution in [1.29, 1.82) is 0 Å². The highest BCUT2D eigenvalue weighted by atomic mass is 32.2. The molecule has 34 heavy (non-hydrogen) atoms. The zero-order chi connectivity index (χ0) is 24.1. The van der Waals surface area contributed by atoms with E-state index in [0.29, 0.717) is 38.1 Å². The summed E-state index contributed by atoms with van der Waals surface area (Å²) in [5.74, 6) is -0.252. The van der Waals surface area contributed by atoms with Gasteiger partial charge >= 0.3 is 5.97 Å². The number of hydrogen-bond donors (Lipinski definition) is 1. The summed E-state index contributed by atoms with van der Waals surface area (Å²) in [6.45, 7) is 1.96. The maximum absolute atomic E-state index is 13.4. The Labute approximate surface area is 203 Å². The minimum Gasteiger partial charge on any atom is -0.497 e. The molecule has 0 atom stereocenters. The van der Waals surface area contributed by atoms with Gasteiger partial charge in [-0.1, -0.05) is 30.0 Å². The molecule has 2 aromatic heterocycles. The van der Waals surface area contributed by atoms with E-state index in [4.69, 9.17) is 9.47 Å². The van der Waals surface area contributed by atoms with Crippen LogP contribution in [0.5, 0.6) is 5.75 Å². The van der Waals surface area contributed by atoms with Gasteiger partial charge in [-0.05, 0) is 42.6 Å². The van der Waals surface area contributed by atoms with Crippen molar-refractivity contribution in [3.05, 3.63) is 75.9 Å². The topological polar surface area (TPSA) is 99.5 Å². The minimum absolute atomic E-state index is 0.0189. The molecular formula is C24H21N3O5S2. The number of thioether (sulfide) groups is 1. The Morgan fingerprint density at radius 2 is 1.97 bits per heavy atom. The Bertz CT molecular complexity index is 1410. The van der Waals surface area contributed by atoms with Gasteiger partial charge in [0, 0.05) is 6.07 Å². The predicted molar refractivity (Wildman–Crippen MR) is 134 cm³/mol. The van der Waals surface area contributed by atoms with Gasteiger partial charge in [-0.25, -0.2) is 9.78 Å². The van der Waals surface area contributed by atoms with Crippen molar-refractivity contribution in [3.8, 4) is 11.4 Å². The van der Waals surface area contributed by atoms with Crippen molar-refractivity contribution in [3.63, 3.8) is 0 Å². The van der Waals surface area contributed by atoms with Crippen LogP contribution in [0, 0.1) is 0 Å². The van der Waals surface area contributed by atoms with E-state index < -0.39 is 5.97 Å². The molecule has 2 heterocycles. The van der Waals surface area contributed by atoms with Crippen LogP contribution in [0.4, 0.5) is 5.00 Å². The van der Waals surface area contributed by atoms with E-state index in [2.05, 4.69) is 10.3 Å². The van der Waals surface area contributed by atoms with Crippen LogP contribution in [-0.4, -0.2) is 40.9 Å². The molecule has 0 aliphatic rings. The average Bonchev–Trinajstić information content (AvgIpc) is 3.31. The summed E-state index contributed by atoms with van der Waals surface area (Å²) in [4.78, 5) is 42.8. The molecule has 0 unspecified atom stereocenters. The van der Waals surface area contributed by atoms with Crippen molar-refractivity contribution in [1.82, 2.24) is 9.55 Å². The van der Waals surface area contributed by atoms with Crippen LogP contribution >= 0.6 is 23.1 Å². The molecule has 0 bridgehead atoms. The lowest BCUT2D eigenvalue weighted by Crippen LogP contribution is -2.23. The summed E-state index contributed by atoms with van der Waals surface area (Å²) in [5, 5.41) is 5.71. The average molecular weight is 496 g/mol. The second-order valence-corrected chi connectivity index (χ2v) is 8.83. The number of methoxy groups -OCH3 is 1. The number of carbonyl (C=O) groups excluding carboxylic acids is 2. The molecule has 1 amide bonds. The summed E-state index contributed by atoms with van der Waals surface area (Å²) < 4.78 is 11.8. The number of thiophene rings is 1. The Morgan fingerprint density at radius 3 is 2.76 bits per heavy atom. The van der Waals surface area contributed by atoms with Crippen molar-refractivity contribution < 1.29 is 19.1 Å². The molecule has 0 saturated heterocycles. The lowest BCUT2D eigenvalue weighted by molar-refractivity contribution is -0.113. The van der Waals surface area contributed by atoms with Crippen LogP contribution in [0.2, 0.25) is 0 Å². The standard InChI is InChI=1S/C24H21N3O5S2/c1-3-32-23(30)18-11-12-33-21(18)26-20(28)14-34-24-25-19-10-5-4-9-17(19)22(29)27(24)15-7-6-8-16(13-15)31-2/h4-13H,3,14H2,1-2H3,(H,26,28). The SMILES string of the molecule is CCOC(=O)c1ccsc1NC(=O)CSc1nc2ccccc2c(=O)n1-c1cccc(OC)c1. The van der Waals surface area contributed by atoms with Crippen molar-refractivity contribution >= 4 is 50.9 Å². The quantitative estimate of drug-likeness (QED) is 0.220. The van der Waals surface area contributed by atoms with E-state index in [9.17, 15) is 14.4 Å². The second kappa shape index (κ2) is 10.5. The van der Waals surface area contributed by atoms with Gasteiger partial charge in [-0.2, -0.15) is 0 Å². The summed E-state index contributed by atoms with van der Waals surface area (Å²) in [5.41, 5.74) is 1.18. The van der Waals surface area contributed by atoms with E-state index in [1.807, 2.05) is 0 Å². The number of benzene rings is 2. The molecule has 4 aromatic rings. The zero-order valence-electron chi connectivity index (χ0n) is 18.4. The molecule has 0 spiro atoms. The first-order valence-electron chi connectivity index (χ1n) is 10.3. The number of ether oxygens (including phenoxy) is 2. The summed E-state index contributed by atoms with van der Waals surface area (Å²) in [6.07, 6.45) is 0. The Morgan fingerprint density at radius 1 is 1.15 bits per heavy atom. The van der Waals surface area contributed by atoms with E-state index in [-0.39, 0.29) is 23.8 Å². The summed E-state index contributed by atoms with van der Waals surface area (Å²) >= 11 is 2.36. The first kappa shape index (κ1) is 23.5. The molecule has 4 rings (SSSR count). The van der Waals surface area contributed by atoms with Crippen LogP contribution in [0.25, 0.3) is 16.6 Å². The number of carbonyl (C=O) groups is 2. The molecule has 8 nitrogen and oxygen atoms in total. The van der Waals surface area contributed by atoms with Gasteiger partial charge in [0.1, 0.15) is 10.8 Å². The highest BCUT2D eigenvalue weighted by Gasteiger charge is 2.18. The second-order valence-electron chi connectivity index (χ2n) is 6.97. The lowest BCUT2D eigenvalue weighted by Gasteiger charge is -2.14. The van der Waals surface area contributed by atoms with E-state index in [1.54, 1.807) is 74.0 Å². The third-order valence-electron chi connectivity index (χ3n) is 4.80. The molecule has 0 saturated carbocycles. The molecule has 1 N–H and O–H groups in total. The molecule has 0 fully saturated rings. The fraction of sp³-hybridized carbons (Fsp3) is 0.167.